The van der Waals surface area contributed by atoms with Gasteiger partial charge in [0.15, 0.2) is 0 Å². The van der Waals surface area contributed by atoms with Crippen molar-refractivity contribution in [2.24, 2.45) is 0 Å². The predicted octanol–water partition coefficient (Wildman–Crippen LogP) is 6.71. The van der Waals surface area contributed by atoms with Gasteiger partial charge in [0.25, 0.3) is 0 Å². The van der Waals surface area contributed by atoms with Crippen molar-refractivity contribution >= 4 is 35.3 Å². The van der Waals surface area contributed by atoms with Crippen molar-refractivity contribution in [3.63, 3.8) is 0 Å². The van der Waals surface area contributed by atoms with Crippen LogP contribution in [0.3, 0.4) is 0 Å². The summed E-state index contributed by atoms with van der Waals surface area (Å²) >= 11 is 0. The summed E-state index contributed by atoms with van der Waals surface area (Å²) in [5, 5.41) is 23.7. The monoisotopic (exact) mass is 506 g/mol. The first-order valence-electron chi connectivity index (χ1n) is 12.0. The molecule has 4 aromatic carbocycles. The van der Waals surface area contributed by atoms with E-state index < -0.39 is 0 Å². The largest absolute Gasteiger partial charge is 0.508 e. The van der Waals surface area contributed by atoms with Gasteiger partial charge in [-0.2, -0.15) is 0 Å². The minimum atomic E-state index is -0.200. The van der Waals surface area contributed by atoms with Crippen LogP contribution >= 0.6 is 0 Å². The van der Waals surface area contributed by atoms with E-state index in [4.69, 9.17) is 10.2 Å². The molecule has 0 unspecified atom stereocenters. The molecule has 0 saturated carbocycles. The van der Waals surface area contributed by atoms with Gasteiger partial charge in [0.05, 0.1) is 0 Å². The molecule has 0 atom stereocenters. The number of hydrogen-bond acceptors (Lipinski definition) is 4. The number of carbonyl (C=O) groups excluding carboxylic acids is 2. The number of carbonyl (C=O) groups is 2. The molecule has 0 radical (unpaired) electrons. The maximum Gasteiger partial charge on any atom is 0.248 e. The zero-order valence-electron chi connectivity index (χ0n) is 21.3. The Balaban J connectivity index is 0.000000211. The zero-order valence-corrected chi connectivity index (χ0v) is 21.3. The lowest BCUT2D eigenvalue weighted by Gasteiger charge is -2.02. The van der Waals surface area contributed by atoms with Crippen LogP contribution in [0.25, 0.3) is 12.2 Å². The number of aromatic hydroxyl groups is 2. The smallest absolute Gasteiger partial charge is 0.248 e. The Morgan fingerprint density at radius 3 is 1.24 bits per heavy atom. The number of rotatable bonds is 6. The summed E-state index contributed by atoms with van der Waals surface area (Å²) in [7, 11) is 0. The minimum Gasteiger partial charge on any atom is -0.508 e. The third-order valence-electron chi connectivity index (χ3n) is 5.48. The van der Waals surface area contributed by atoms with Gasteiger partial charge >= 0.3 is 0 Å². The molecule has 0 aromatic heterocycles. The van der Waals surface area contributed by atoms with Crippen molar-refractivity contribution in [2.75, 3.05) is 10.6 Å². The Morgan fingerprint density at radius 1 is 0.553 bits per heavy atom. The first-order valence-corrected chi connectivity index (χ1v) is 12.0. The number of benzene rings is 4. The van der Waals surface area contributed by atoms with Gasteiger partial charge in [0.2, 0.25) is 11.8 Å². The van der Waals surface area contributed by atoms with E-state index in [0.29, 0.717) is 11.4 Å². The number of phenols is 2. The summed E-state index contributed by atoms with van der Waals surface area (Å²) in [6, 6.07) is 28.4. The molecule has 4 N–H and O–H groups in total. The molecule has 2 amide bonds. The van der Waals surface area contributed by atoms with E-state index in [2.05, 4.69) is 10.6 Å². The van der Waals surface area contributed by atoms with Crippen LogP contribution in [-0.2, 0) is 9.59 Å². The number of hydrogen-bond donors (Lipinski definition) is 4. The molecule has 0 aliphatic rings. The second-order valence-electron chi connectivity index (χ2n) is 8.45. The van der Waals surface area contributed by atoms with Gasteiger partial charge in [0, 0.05) is 23.5 Å². The fraction of sp³-hybridized carbons (Fsp3) is 0.0625. The molecular weight excluding hydrogens is 476 g/mol. The molecule has 0 aliphatic heterocycles. The minimum absolute atomic E-state index is 0.174. The van der Waals surface area contributed by atoms with Crippen molar-refractivity contribution in [2.45, 2.75) is 13.8 Å². The Kier molecular flexibility index (Phi) is 10.0. The molecule has 0 spiro atoms. The fourth-order valence-corrected chi connectivity index (χ4v) is 3.34. The first-order chi connectivity index (χ1) is 18.3. The predicted molar refractivity (Wildman–Crippen MR) is 154 cm³/mol. The molecule has 4 rings (SSSR count). The Morgan fingerprint density at radius 2 is 0.895 bits per heavy atom. The van der Waals surface area contributed by atoms with Crippen LogP contribution in [0.4, 0.5) is 11.4 Å². The van der Waals surface area contributed by atoms with Gasteiger partial charge in [-0.3, -0.25) is 9.59 Å². The van der Waals surface area contributed by atoms with Crippen molar-refractivity contribution in [3.8, 4) is 11.5 Å². The Labute approximate surface area is 222 Å². The lowest BCUT2D eigenvalue weighted by atomic mass is 10.1. The third-order valence-corrected chi connectivity index (χ3v) is 5.48. The van der Waals surface area contributed by atoms with E-state index in [1.807, 2.05) is 62.4 Å². The molecule has 0 fully saturated rings. The summed E-state index contributed by atoms with van der Waals surface area (Å²) in [5.41, 5.74) is 5.58. The number of amides is 2. The normalized spacial score (nSPS) is 10.6. The van der Waals surface area contributed by atoms with Crippen LogP contribution in [0, 0.1) is 13.8 Å². The van der Waals surface area contributed by atoms with Crippen molar-refractivity contribution in [3.05, 3.63) is 131 Å². The third kappa shape index (κ3) is 9.17. The van der Waals surface area contributed by atoms with Gasteiger partial charge < -0.3 is 20.8 Å². The van der Waals surface area contributed by atoms with Crippen LogP contribution < -0.4 is 10.6 Å². The maximum absolute atomic E-state index is 11.7. The maximum atomic E-state index is 11.7. The fourth-order valence-electron chi connectivity index (χ4n) is 3.34. The molecule has 0 heterocycles. The quantitative estimate of drug-likeness (QED) is 0.173. The van der Waals surface area contributed by atoms with Crippen molar-refractivity contribution in [1.82, 2.24) is 0 Å². The SMILES string of the molecule is Cc1ccccc1/C=C/C(=O)Nc1ccc(O)cc1.Cc1ccccc1/C=C/C(=O)Nc1ccc(O)cc1. The van der Waals surface area contributed by atoms with Crippen molar-refractivity contribution < 1.29 is 19.8 Å². The summed E-state index contributed by atoms with van der Waals surface area (Å²) in [4.78, 5) is 23.4. The number of aryl methyl sites for hydroxylation is 2. The zero-order chi connectivity index (χ0) is 27.3. The van der Waals surface area contributed by atoms with E-state index in [9.17, 15) is 9.59 Å². The molecule has 0 aliphatic carbocycles. The highest BCUT2D eigenvalue weighted by Gasteiger charge is 2.00. The average Bonchev–Trinajstić information content (AvgIpc) is 2.91. The van der Waals surface area contributed by atoms with Gasteiger partial charge in [-0.05, 0) is 96.8 Å². The molecule has 6 heteroatoms. The molecule has 192 valence electrons. The van der Waals surface area contributed by atoms with Crippen LogP contribution in [0.1, 0.15) is 22.3 Å². The molecule has 0 saturated heterocycles. The van der Waals surface area contributed by atoms with E-state index in [-0.39, 0.29) is 23.3 Å². The van der Waals surface area contributed by atoms with Gasteiger partial charge in [0.1, 0.15) is 11.5 Å². The second-order valence-corrected chi connectivity index (χ2v) is 8.45. The average molecular weight is 507 g/mol. The highest BCUT2D eigenvalue weighted by Crippen LogP contribution is 2.15. The number of nitrogens with one attached hydrogen (secondary N) is 2. The number of anilines is 2. The van der Waals surface area contributed by atoms with Gasteiger partial charge in [-0.25, -0.2) is 0 Å². The summed E-state index contributed by atoms with van der Waals surface area (Å²) in [6.07, 6.45) is 6.56. The van der Waals surface area contributed by atoms with E-state index in [0.717, 1.165) is 22.3 Å². The summed E-state index contributed by atoms with van der Waals surface area (Å²) in [6.45, 7) is 4.00. The molecular formula is C32H30N2O4. The molecule has 6 nitrogen and oxygen atoms in total. The number of phenolic OH excluding ortho intramolecular Hbond substituents is 2. The van der Waals surface area contributed by atoms with E-state index in [1.165, 1.54) is 36.4 Å². The summed E-state index contributed by atoms with van der Waals surface area (Å²) < 4.78 is 0. The highest BCUT2D eigenvalue weighted by molar-refractivity contribution is 6.02. The Bertz CT molecular complexity index is 1310. The molecule has 0 bridgehead atoms. The lowest BCUT2D eigenvalue weighted by Crippen LogP contribution is -2.07. The molecule has 4 aromatic rings. The van der Waals surface area contributed by atoms with Crippen LogP contribution in [0.2, 0.25) is 0 Å². The topological polar surface area (TPSA) is 98.7 Å². The summed E-state index contributed by atoms with van der Waals surface area (Å²) in [5.74, 6) is -0.0511. The van der Waals surface area contributed by atoms with E-state index >= 15 is 0 Å². The van der Waals surface area contributed by atoms with Gasteiger partial charge in [-0.15, -0.1) is 0 Å². The second kappa shape index (κ2) is 13.8. The van der Waals surface area contributed by atoms with E-state index in [1.54, 1.807) is 36.4 Å². The Hall–Kier alpha value is -5.10. The highest BCUT2D eigenvalue weighted by atomic mass is 16.3. The molecule has 38 heavy (non-hydrogen) atoms. The first kappa shape index (κ1) is 27.5. The standard InChI is InChI=1S/2C16H15NO2/c2*1-12-4-2-3-5-13(12)6-11-16(19)17-14-7-9-15(18)10-8-14/h2*2-11,18H,1H3,(H,17,19)/b2*11-6+. The van der Waals surface area contributed by atoms with Crippen LogP contribution in [0.15, 0.2) is 109 Å². The van der Waals surface area contributed by atoms with Crippen molar-refractivity contribution in [1.29, 1.82) is 0 Å². The van der Waals surface area contributed by atoms with Crippen LogP contribution in [-0.4, -0.2) is 22.0 Å². The van der Waals surface area contributed by atoms with Gasteiger partial charge in [-0.1, -0.05) is 48.5 Å². The van der Waals surface area contributed by atoms with Crippen LogP contribution in [0.5, 0.6) is 11.5 Å². The lowest BCUT2D eigenvalue weighted by molar-refractivity contribution is -0.112.